The molecule has 4 nitrogen and oxygen atoms in total. The van der Waals surface area contributed by atoms with Crippen molar-refractivity contribution in [3.05, 3.63) is 47.7 Å². The van der Waals surface area contributed by atoms with Gasteiger partial charge in [0, 0.05) is 18.2 Å². The zero-order chi connectivity index (χ0) is 13.2. The first-order valence-corrected chi connectivity index (χ1v) is 6.66. The number of fused-ring (bicyclic) bond motifs is 1. The minimum absolute atomic E-state index is 0.490. The van der Waals surface area contributed by atoms with Gasteiger partial charge in [0.2, 0.25) is 0 Å². The van der Waals surface area contributed by atoms with Gasteiger partial charge in [0.05, 0.1) is 5.69 Å². The summed E-state index contributed by atoms with van der Waals surface area (Å²) in [4.78, 5) is 2.24. The predicted molar refractivity (Wildman–Crippen MR) is 76.6 cm³/mol. The highest BCUT2D eigenvalue weighted by molar-refractivity contribution is 5.68. The summed E-state index contributed by atoms with van der Waals surface area (Å²) >= 11 is 0. The standard InChI is InChI=1S/C15H18N4/c1-11-6-7-15(18-17-11)19-10-12(8-9-16)13-4-2-3-5-14(13)19/h2-7,12H,8-10,16H2,1H3. The van der Waals surface area contributed by atoms with Gasteiger partial charge in [-0.2, -0.15) is 5.10 Å². The lowest BCUT2D eigenvalue weighted by atomic mass is 9.98. The Morgan fingerprint density at radius 2 is 2.05 bits per heavy atom. The van der Waals surface area contributed by atoms with Crippen molar-refractivity contribution in [3.63, 3.8) is 0 Å². The minimum Gasteiger partial charge on any atom is -0.330 e. The van der Waals surface area contributed by atoms with E-state index in [0.717, 1.165) is 24.5 Å². The van der Waals surface area contributed by atoms with E-state index in [9.17, 15) is 0 Å². The molecule has 2 aromatic rings. The molecule has 1 unspecified atom stereocenters. The van der Waals surface area contributed by atoms with Crippen LogP contribution in [0, 0.1) is 6.92 Å². The highest BCUT2D eigenvalue weighted by Crippen LogP contribution is 2.40. The Hall–Kier alpha value is -1.94. The average Bonchev–Trinajstić information content (AvgIpc) is 2.80. The molecule has 2 N–H and O–H groups in total. The maximum Gasteiger partial charge on any atom is 0.155 e. The number of aryl methyl sites for hydroxylation is 1. The number of hydrogen-bond donors (Lipinski definition) is 1. The van der Waals surface area contributed by atoms with Gasteiger partial charge in [0.25, 0.3) is 0 Å². The number of aromatic nitrogens is 2. The second kappa shape index (κ2) is 4.97. The second-order valence-corrected chi connectivity index (χ2v) is 4.98. The number of para-hydroxylation sites is 1. The van der Waals surface area contributed by atoms with Gasteiger partial charge >= 0.3 is 0 Å². The summed E-state index contributed by atoms with van der Waals surface area (Å²) < 4.78 is 0. The van der Waals surface area contributed by atoms with Crippen LogP contribution in [0.25, 0.3) is 0 Å². The van der Waals surface area contributed by atoms with Crippen LogP contribution < -0.4 is 10.6 Å². The molecule has 1 atom stereocenters. The van der Waals surface area contributed by atoms with E-state index in [1.807, 2.05) is 19.1 Å². The van der Waals surface area contributed by atoms with E-state index in [1.54, 1.807) is 0 Å². The van der Waals surface area contributed by atoms with Gasteiger partial charge in [-0.1, -0.05) is 18.2 Å². The number of nitrogens with two attached hydrogens (primary N) is 1. The molecule has 0 bridgehead atoms. The Bertz CT molecular complexity index is 565. The molecule has 3 rings (SSSR count). The fourth-order valence-electron chi connectivity index (χ4n) is 2.70. The fourth-order valence-corrected chi connectivity index (χ4v) is 2.70. The highest BCUT2D eigenvalue weighted by atomic mass is 15.3. The van der Waals surface area contributed by atoms with Crippen molar-refractivity contribution in [1.29, 1.82) is 0 Å². The van der Waals surface area contributed by atoms with Crippen molar-refractivity contribution >= 4 is 11.5 Å². The molecule has 0 spiro atoms. The van der Waals surface area contributed by atoms with E-state index in [4.69, 9.17) is 5.73 Å². The van der Waals surface area contributed by atoms with E-state index in [-0.39, 0.29) is 0 Å². The van der Waals surface area contributed by atoms with Crippen LogP contribution in [0.1, 0.15) is 23.6 Å². The number of hydrogen-bond acceptors (Lipinski definition) is 4. The third kappa shape index (κ3) is 2.19. The summed E-state index contributed by atoms with van der Waals surface area (Å²) in [6.45, 7) is 3.60. The van der Waals surface area contributed by atoms with Gasteiger partial charge in [0.15, 0.2) is 5.82 Å². The molecule has 1 aromatic carbocycles. The molecule has 2 heterocycles. The van der Waals surface area contributed by atoms with Crippen LogP contribution in [0.5, 0.6) is 0 Å². The first kappa shape index (κ1) is 12.1. The average molecular weight is 254 g/mol. The monoisotopic (exact) mass is 254 g/mol. The topological polar surface area (TPSA) is 55.0 Å². The van der Waals surface area contributed by atoms with Crippen LogP contribution in [-0.2, 0) is 0 Å². The predicted octanol–water partition coefficient (Wildman–Crippen LogP) is 2.37. The van der Waals surface area contributed by atoms with Crippen molar-refractivity contribution < 1.29 is 0 Å². The largest absolute Gasteiger partial charge is 0.330 e. The summed E-state index contributed by atoms with van der Waals surface area (Å²) in [5, 5.41) is 8.45. The summed E-state index contributed by atoms with van der Waals surface area (Å²) in [6, 6.07) is 12.5. The Morgan fingerprint density at radius 1 is 1.21 bits per heavy atom. The molecular formula is C15H18N4. The van der Waals surface area contributed by atoms with Crippen LogP contribution in [0.2, 0.25) is 0 Å². The lowest BCUT2D eigenvalue weighted by Gasteiger charge is -2.18. The third-order valence-electron chi connectivity index (χ3n) is 3.65. The van der Waals surface area contributed by atoms with Crippen LogP contribution >= 0.6 is 0 Å². The van der Waals surface area contributed by atoms with E-state index >= 15 is 0 Å². The van der Waals surface area contributed by atoms with Crippen molar-refractivity contribution in [2.24, 2.45) is 5.73 Å². The Kier molecular flexibility index (Phi) is 3.17. The van der Waals surface area contributed by atoms with Crippen molar-refractivity contribution in [1.82, 2.24) is 10.2 Å². The molecule has 0 radical (unpaired) electrons. The first-order chi connectivity index (χ1) is 9.29. The van der Waals surface area contributed by atoms with Crippen LogP contribution in [0.15, 0.2) is 36.4 Å². The van der Waals surface area contributed by atoms with Crippen LogP contribution in [0.3, 0.4) is 0 Å². The molecule has 0 saturated carbocycles. The van der Waals surface area contributed by atoms with Crippen molar-refractivity contribution in [2.45, 2.75) is 19.3 Å². The first-order valence-electron chi connectivity index (χ1n) is 6.66. The SMILES string of the molecule is Cc1ccc(N2CC(CCN)c3ccccc32)nn1. The number of nitrogens with zero attached hydrogens (tertiary/aromatic N) is 3. The summed E-state index contributed by atoms with van der Waals surface area (Å²) in [5.74, 6) is 1.40. The summed E-state index contributed by atoms with van der Waals surface area (Å²) in [5.41, 5.74) is 9.27. The smallest absolute Gasteiger partial charge is 0.155 e. The van der Waals surface area contributed by atoms with E-state index < -0.39 is 0 Å². The maximum absolute atomic E-state index is 5.72. The van der Waals surface area contributed by atoms with Crippen LogP contribution in [0.4, 0.5) is 11.5 Å². The lowest BCUT2D eigenvalue weighted by molar-refractivity contribution is 0.665. The number of rotatable bonds is 3. The van der Waals surface area contributed by atoms with E-state index in [0.29, 0.717) is 12.5 Å². The van der Waals surface area contributed by atoms with E-state index in [2.05, 4.69) is 39.4 Å². The zero-order valence-electron chi connectivity index (χ0n) is 11.1. The van der Waals surface area contributed by atoms with Gasteiger partial charge in [-0.05, 0) is 43.7 Å². The molecule has 1 aromatic heterocycles. The van der Waals surface area contributed by atoms with Gasteiger partial charge in [-0.25, -0.2) is 0 Å². The summed E-state index contributed by atoms with van der Waals surface area (Å²) in [6.07, 6.45) is 1.01. The van der Waals surface area contributed by atoms with E-state index in [1.165, 1.54) is 11.3 Å². The third-order valence-corrected chi connectivity index (χ3v) is 3.65. The molecule has 0 aliphatic carbocycles. The highest BCUT2D eigenvalue weighted by Gasteiger charge is 2.29. The molecule has 19 heavy (non-hydrogen) atoms. The van der Waals surface area contributed by atoms with Crippen molar-refractivity contribution in [3.8, 4) is 0 Å². The summed E-state index contributed by atoms with van der Waals surface area (Å²) in [7, 11) is 0. The molecular weight excluding hydrogens is 236 g/mol. The molecule has 98 valence electrons. The van der Waals surface area contributed by atoms with Gasteiger partial charge in [-0.15, -0.1) is 5.10 Å². The Morgan fingerprint density at radius 3 is 2.79 bits per heavy atom. The second-order valence-electron chi connectivity index (χ2n) is 4.98. The zero-order valence-corrected chi connectivity index (χ0v) is 11.1. The van der Waals surface area contributed by atoms with Crippen LogP contribution in [-0.4, -0.2) is 23.3 Å². The normalized spacial score (nSPS) is 17.6. The molecule has 0 fully saturated rings. The molecule has 0 saturated heterocycles. The van der Waals surface area contributed by atoms with Gasteiger partial charge in [-0.3, -0.25) is 0 Å². The maximum atomic E-state index is 5.72. The fraction of sp³-hybridized carbons (Fsp3) is 0.333. The number of anilines is 2. The Balaban J connectivity index is 1.98. The van der Waals surface area contributed by atoms with Crippen molar-refractivity contribution in [2.75, 3.05) is 18.0 Å². The molecule has 1 aliphatic rings. The number of benzene rings is 1. The molecule has 0 amide bonds. The quantitative estimate of drug-likeness (QED) is 0.913. The lowest BCUT2D eigenvalue weighted by Crippen LogP contribution is -2.18. The Labute approximate surface area is 113 Å². The van der Waals surface area contributed by atoms with Gasteiger partial charge in [0.1, 0.15) is 0 Å². The molecule has 1 aliphatic heterocycles. The minimum atomic E-state index is 0.490. The van der Waals surface area contributed by atoms with Gasteiger partial charge < -0.3 is 10.6 Å². The molecule has 4 heteroatoms.